The third-order valence-corrected chi connectivity index (χ3v) is 4.38. The van der Waals surface area contributed by atoms with E-state index in [1.54, 1.807) is 30.3 Å². The van der Waals surface area contributed by atoms with E-state index in [0.717, 1.165) is 5.69 Å². The van der Waals surface area contributed by atoms with Crippen LogP contribution in [0.1, 0.15) is 22.0 Å². The normalized spacial score (nSPS) is 11.8. The lowest BCUT2D eigenvalue weighted by molar-refractivity contribution is 0.0969. The molecule has 0 bridgehead atoms. The van der Waals surface area contributed by atoms with Gasteiger partial charge in [0.05, 0.1) is 5.02 Å². The third kappa shape index (κ3) is 3.61. The second kappa shape index (κ2) is 7.52. The predicted molar refractivity (Wildman–Crippen MR) is 100 cm³/mol. The molecule has 0 aliphatic rings. The second-order valence-corrected chi connectivity index (χ2v) is 6.12. The number of carbonyl (C=O) groups excluding carboxylic acids is 1. The molecule has 3 aromatic carbocycles. The number of carbonyl (C=O) groups is 1. The maximum Gasteiger partial charge on any atom is 0.191 e. The number of anilines is 1. The molecule has 0 heterocycles. The third-order valence-electron chi connectivity index (χ3n) is 3.70. The van der Waals surface area contributed by atoms with Gasteiger partial charge in [0.1, 0.15) is 6.04 Å². The van der Waals surface area contributed by atoms with E-state index in [9.17, 15) is 4.79 Å². The summed E-state index contributed by atoms with van der Waals surface area (Å²) in [6, 6.07) is 23.3. The quantitative estimate of drug-likeness (QED) is 0.566. The Morgan fingerprint density at radius 2 is 1.33 bits per heavy atom. The van der Waals surface area contributed by atoms with Crippen molar-refractivity contribution in [2.45, 2.75) is 6.04 Å². The minimum absolute atomic E-state index is 0.127. The molecule has 0 radical (unpaired) electrons. The van der Waals surface area contributed by atoms with Crippen LogP contribution >= 0.6 is 23.2 Å². The van der Waals surface area contributed by atoms with Crippen LogP contribution in [0.5, 0.6) is 0 Å². The smallest absolute Gasteiger partial charge is 0.191 e. The van der Waals surface area contributed by atoms with E-state index in [2.05, 4.69) is 5.32 Å². The number of rotatable bonds is 5. The molecule has 0 fully saturated rings. The van der Waals surface area contributed by atoms with Gasteiger partial charge in [-0.05, 0) is 30.3 Å². The Labute approximate surface area is 151 Å². The molecule has 0 aliphatic carbocycles. The van der Waals surface area contributed by atoms with Crippen molar-refractivity contribution >= 4 is 34.7 Å². The van der Waals surface area contributed by atoms with E-state index in [4.69, 9.17) is 23.2 Å². The monoisotopic (exact) mass is 355 g/mol. The van der Waals surface area contributed by atoms with Crippen LogP contribution in [0.2, 0.25) is 10.0 Å². The summed E-state index contributed by atoms with van der Waals surface area (Å²) in [5.74, 6) is -0.127. The number of Topliss-reactive ketones (excluding diaryl/α,β-unsaturated/α-hetero) is 1. The van der Waals surface area contributed by atoms with Crippen molar-refractivity contribution < 1.29 is 4.79 Å². The maximum absolute atomic E-state index is 13.1. The minimum atomic E-state index is -0.624. The molecule has 3 aromatic rings. The van der Waals surface area contributed by atoms with Gasteiger partial charge in [-0.3, -0.25) is 4.79 Å². The molecule has 3 rings (SSSR count). The molecule has 0 aliphatic heterocycles. The number of para-hydroxylation sites is 1. The molecule has 0 amide bonds. The zero-order chi connectivity index (χ0) is 16.9. The number of halogens is 2. The van der Waals surface area contributed by atoms with Crippen LogP contribution in [-0.2, 0) is 0 Å². The minimum Gasteiger partial charge on any atom is -0.371 e. The predicted octanol–water partition coefficient (Wildman–Crippen LogP) is 6.03. The van der Waals surface area contributed by atoms with Gasteiger partial charge in [0.25, 0.3) is 0 Å². The van der Waals surface area contributed by atoms with Gasteiger partial charge in [-0.1, -0.05) is 71.7 Å². The topological polar surface area (TPSA) is 29.1 Å². The average Bonchev–Trinajstić information content (AvgIpc) is 2.61. The van der Waals surface area contributed by atoms with Crippen LogP contribution in [0.4, 0.5) is 5.69 Å². The largest absolute Gasteiger partial charge is 0.371 e. The first-order valence-corrected chi connectivity index (χ1v) is 8.27. The maximum atomic E-state index is 13.1. The molecule has 4 heteroatoms. The highest BCUT2D eigenvalue weighted by Gasteiger charge is 2.25. The van der Waals surface area contributed by atoms with Gasteiger partial charge in [0.15, 0.2) is 5.78 Å². The lowest BCUT2D eigenvalue weighted by atomic mass is 9.97. The molecule has 120 valence electrons. The van der Waals surface area contributed by atoms with Crippen molar-refractivity contribution in [3.63, 3.8) is 0 Å². The van der Waals surface area contributed by atoms with Gasteiger partial charge in [-0.2, -0.15) is 0 Å². The van der Waals surface area contributed by atoms with E-state index in [-0.39, 0.29) is 5.78 Å². The summed E-state index contributed by atoms with van der Waals surface area (Å²) in [5, 5.41) is 4.23. The molecule has 0 unspecified atom stereocenters. The highest BCUT2D eigenvalue weighted by atomic mass is 35.5. The van der Waals surface area contributed by atoms with E-state index in [1.807, 2.05) is 48.5 Å². The highest BCUT2D eigenvalue weighted by Crippen LogP contribution is 2.30. The number of benzene rings is 3. The van der Waals surface area contributed by atoms with Crippen LogP contribution in [0.3, 0.4) is 0 Å². The van der Waals surface area contributed by atoms with Crippen molar-refractivity contribution in [3.05, 3.63) is 100 Å². The van der Waals surface area contributed by atoms with Gasteiger partial charge in [-0.25, -0.2) is 0 Å². The fourth-order valence-corrected chi connectivity index (χ4v) is 2.99. The SMILES string of the molecule is O=C(c1ccccc1Cl)[C@H](Nc1ccccc1)c1ccccc1Cl. The van der Waals surface area contributed by atoms with Crippen molar-refractivity contribution in [2.75, 3.05) is 5.32 Å². The molecule has 1 N–H and O–H groups in total. The van der Waals surface area contributed by atoms with Crippen LogP contribution in [0.15, 0.2) is 78.9 Å². The summed E-state index contributed by atoms with van der Waals surface area (Å²) >= 11 is 12.5. The Bertz CT molecular complexity index is 849. The Kier molecular flexibility index (Phi) is 5.19. The molecule has 2 nitrogen and oxygen atoms in total. The lowest BCUT2D eigenvalue weighted by Gasteiger charge is -2.21. The van der Waals surface area contributed by atoms with Gasteiger partial charge < -0.3 is 5.32 Å². The van der Waals surface area contributed by atoms with Gasteiger partial charge in [0.2, 0.25) is 0 Å². The number of nitrogens with one attached hydrogen (secondary N) is 1. The standard InChI is InChI=1S/C20H15Cl2NO/c21-17-12-6-4-10-15(17)19(23-14-8-2-1-3-9-14)20(24)16-11-5-7-13-18(16)22/h1-13,19,23H/t19-/m1/s1. The zero-order valence-electron chi connectivity index (χ0n) is 12.7. The lowest BCUT2D eigenvalue weighted by Crippen LogP contribution is -2.22. The molecule has 0 aromatic heterocycles. The first-order chi connectivity index (χ1) is 11.7. The molecule has 1 atom stereocenters. The zero-order valence-corrected chi connectivity index (χ0v) is 14.3. The van der Waals surface area contributed by atoms with Gasteiger partial charge >= 0.3 is 0 Å². The first kappa shape index (κ1) is 16.6. The second-order valence-electron chi connectivity index (χ2n) is 5.31. The highest BCUT2D eigenvalue weighted by molar-refractivity contribution is 6.34. The summed E-state index contributed by atoms with van der Waals surface area (Å²) in [4.78, 5) is 13.1. The molecule has 0 saturated heterocycles. The van der Waals surface area contributed by atoms with Gasteiger partial charge in [0, 0.05) is 21.8 Å². The Morgan fingerprint density at radius 3 is 2.00 bits per heavy atom. The summed E-state index contributed by atoms with van der Waals surface area (Å²) in [5.41, 5.74) is 2.02. The van der Waals surface area contributed by atoms with Crippen LogP contribution in [-0.4, -0.2) is 5.78 Å². The first-order valence-electron chi connectivity index (χ1n) is 7.51. The van der Waals surface area contributed by atoms with E-state index >= 15 is 0 Å². The summed E-state index contributed by atoms with van der Waals surface area (Å²) < 4.78 is 0. The Hall–Kier alpha value is -2.29. The number of hydrogen-bond donors (Lipinski definition) is 1. The molecule has 0 saturated carbocycles. The van der Waals surface area contributed by atoms with Crippen molar-refractivity contribution in [1.29, 1.82) is 0 Å². The van der Waals surface area contributed by atoms with Crippen LogP contribution < -0.4 is 5.32 Å². The Morgan fingerprint density at radius 1 is 0.750 bits per heavy atom. The molecule has 24 heavy (non-hydrogen) atoms. The molecular weight excluding hydrogens is 341 g/mol. The fraction of sp³-hybridized carbons (Fsp3) is 0.0500. The Balaban J connectivity index is 2.04. The molecule has 0 spiro atoms. The summed E-state index contributed by atoms with van der Waals surface area (Å²) in [6.45, 7) is 0. The van der Waals surface area contributed by atoms with Gasteiger partial charge in [-0.15, -0.1) is 0 Å². The summed E-state index contributed by atoms with van der Waals surface area (Å²) in [7, 11) is 0. The van der Waals surface area contributed by atoms with Crippen molar-refractivity contribution in [2.24, 2.45) is 0 Å². The molecular formula is C20H15Cl2NO. The van der Waals surface area contributed by atoms with Crippen molar-refractivity contribution in [1.82, 2.24) is 0 Å². The summed E-state index contributed by atoms with van der Waals surface area (Å²) in [6.07, 6.45) is 0. The average molecular weight is 356 g/mol. The van der Waals surface area contributed by atoms with E-state index in [1.165, 1.54) is 0 Å². The number of ketones is 1. The van der Waals surface area contributed by atoms with Crippen LogP contribution in [0, 0.1) is 0 Å². The van der Waals surface area contributed by atoms with Crippen molar-refractivity contribution in [3.8, 4) is 0 Å². The van der Waals surface area contributed by atoms with E-state index in [0.29, 0.717) is 21.2 Å². The fourth-order valence-electron chi connectivity index (χ4n) is 2.51. The van der Waals surface area contributed by atoms with E-state index < -0.39 is 6.04 Å². The van der Waals surface area contributed by atoms with Crippen LogP contribution in [0.25, 0.3) is 0 Å². The number of hydrogen-bond acceptors (Lipinski definition) is 2.